The Morgan fingerprint density at radius 2 is 1.58 bits per heavy atom. The summed E-state index contributed by atoms with van der Waals surface area (Å²) in [4.78, 5) is 0. The van der Waals surface area contributed by atoms with E-state index in [-0.39, 0.29) is 0 Å². The van der Waals surface area contributed by atoms with Crippen LogP contribution in [-0.4, -0.2) is 18.0 Å². The third kappa shape index (κ3) is 3.88. The van der Waals surface area contributed by atoms with Crippen molar-refractivity contribution in [2.24, 2.45) is 0 Å². The molecule has 0 nitrogen and oxygen atoms in total. The van der Waals surface area contributed by atoms with Crippen LogP contribution < -0.4 is 0 Å². The number of halogens is 5. The highest BCUT2D eigenvalue weighted by Crippen LogP contribution is 2.32. The largest absolute Gasteiger partial charge is 0.276 e. The van der Waals surface area contributed by atoms with Crippen molar-refractivity contribution in [3.05, 3.63) is 0 Å². The second-order valence-corrected chi connectivity index (χ2v) is 2.84. The molecule has 0 saturated carbocycles. The average molecular weight is 190 g/mol. The molecule has 0 aliphatic heterocycles. The van der Waals surface area contributed by atoms with E-state index in [2.05, 4.69) is 0 Å². The third-order valence-electron chi connectivity index (χ3n) is 1.55. The molecule has 0 aromatic heterocycles. The fourth-order valence-electron chi connectivity index (χ4n) is 0.586. The van der Waals surface area contributed by atoms with Gasteiger partial charge in [-0.25, -0.2) is 22.0 Å². The van der Waals surface area contributed by atoms with E-state index in [0.29, 0.717) is 6.92 Å². The van der Waals surface area contributed by atoms with Gasteiger partial charge in [0.1, 0.15) is 0 Å². The summed E-state index contributed by atoms with van der Waals surface area (Å²) in [6.07, 6.45) is -4.80. The van der Waals surface area contributed by atoms with Crippen molar-refractivity contribution in [2.75, 3.05) is 0 Å². The topological polar surface area (TPSA) is 0 Å². The fourth-order valence-corrected chi connectivity index (χ4v) is 0.586. The van der Waals surface area contributed by atoms with Gasteiger partial charge in [-0.05, 0) is 0 Å². The molecule has 0 aliphatic carbocycles. The molecular weight excluding hydrogens is 179 g/mol. The van der Waals surface area contributed by atoms with E-state index in [1.807, 2.05) is 0 Å². The third-order valence-corrected chi connectivity index (χ3v) is 1.55. The predicted octanol–water partition coefficient (Wildman–Crippen LogP) is 3.42. The Morgan fingerprint density at radius 1 is 1.17 bits per heavy atom. The first-order valence-electron chi connectivity index (χ1n) is 3.59. The zero-order chi connectivity index (χ0) is 9.99. The van der Waals surface area contributed by atoms with Crippen LogP contribution in [0.4, 0.5) is 22.0 Å². The summed E-state index contributed by atoms with van der Waals surface area (Å²) in [6.45, 7) is 1.42. The molecule has 0 aliphatic rings. The number of alkyl halides is 5. The van der Waals surface area contributed by atoms with Crippen molar-refractivity contribution >= 4 is 0 Å². The molecule has 0 saturated heterocycles. The zero-order valence-electron chi connectivity index (χ0n) is 6.88. The first kappa shape index (κ1) is 11.6. The van der Waals surface area contributed by atoms with Crippen molar-refractivity contribution in [3.63, 3.8) is 0 Å². The molecule has 74 valence electrons. The van der Waals surface area contributed by atoms with Crippen molar-refractivity contribution < 1.29 is 22.0 Å². The maximum absolute atomic E-state index is 12.4. The molecule has 0 fully saturated rings. The minimum absolute atomic E-state index is 0.295. The van der Waals surface area contributed by atoms with Gasteiger partial charge in [-0.2, -0.15) is 0 Å². The molecule has 5 heteroatoms. The minimum atomic E-state index is -3.68. The van der Waals surface area contributed by atoms with E-state index in [1.54, 1.807) is 0 Å². The summed E-state index contributed by atoms with van der Waals surface area (Å²) in [5, 5.41) is 0. The highest BCUT2D eigenvalue weighted by atomic mass is 19.3. The van der Waals surface area contributed by atoms with E-state index in [9.17, 15) is 22.0 Å². The molecule has 0 unspecified atom stereocenters. The van der Waals surface area contributed by atoms with Gasteiger partial charge in [0, 0.05) is 19.8 Å². The van der Waals surface area contributed by atoms with Crippen LogP contribution in [0.3, 0.4) is 0 Å². The molecule has 12 heavy (non-hydrogen) atoms. The lowest BCUT2D eigenvalue weighted by Gasteiger charge is -2.20. The van der Waals surface area contributed by atoms with Crippen molar-refractivity contribution in [2.45, 2.75) is 44.7 Å². The lowest BCUT2D eigenvalue weighted by Crippen LogP contribution is -2.32. The van der Waals surface area contributed by atoms with Gasteiger partial charge in [0.05, 0.1) is 0 Å². The molecule has 1 atom stereocenters. The lowest BCUT2D eigenvalue weighted by molar-refractivity contribution is -0.107. The maximum atomic E-state index is 12.4. The SMILES string of the molecule is CCC(F)(F)C[C@H](F)C(C)(F)F. The van der Waals surface area contributed by atoms with Gasteiger partial charge in [-0.1, -0.05) is 6.92 Å². The summed E-state index contributed by atoms with van der Waals surface area (Å²) < 4.78 is 61.2. The van der Waals surface area contributed by atoms with Gasteiger partial charge in [0.25, 0.3) is 11.8 Å². The van der Waals surface area contributed by atoms with Gasteiger partial charge in [0.2, 0.25) is 0 Å². The van der Waals surface area contributed by atoms with E-state index >= 15 is 0 Å². The van der Waals surface area contributed by atoms with Crippen LogP contribution in [0, 0.1) is 0 Å². The Kier molecular flexibility index (Phi) is 3.47. The molecular formula is C7H11F5. The Balaban J connectivity index is 4.09. The van der Waals surface area contributed by atoms with E-state index in [4.69, 9.17) is 0 Å². The van der Waals surface area contributed by atoms with Crippen LogP contribution in [0.15, 0.2) is 0 Å². The molecule has 0 N–H and O–H groups in total. The zero-order valence-corrected chi connectivity index (χ0v) is 6.88. The highest BCUT2D eigenvalue weighted by molar-refractivity contribution is 4.78. The molecule has 0 heterocycles. The molecule has 0 rings (SSSR count). The van der Waals surface area contributed by atoms with Gasteiger partial charge < -0.3 is 0 Å². The van der Waals surface area contributed by atoms with Crippen LogP contribution in [0.5, 0.6) is 0 Å². The van der Waals surface area contributed by atoms with Gasteiger partial charge >= 0.3 is 0 Å². The first-order valence-corrected chi connectivity index (χ1v) is 3.59. The highest BCUT2D eigenvalue weighted by Gasteiger charge is 2.41. The predicted molar refractivity (Wildman–Crippen MR) is 35.4 cm³/mol. The molecule has 0 radical (unpaired) electrons. The summed E-state index contributed by atoms with van der Waals surface area (Å²) in [5.41, 5.74) is 0. The van der Waals surface area contributed by atoms with E-state index in [1.165, 1.54) is 0 Å². The lowest BCUT2D eigenvalue weighted by atomic mass is 10.1. The smallest absolute Gasteiger partial charge is 0.241 e. The fraction of sp³-hybridized carbons (Fsp3) is 1.00. The number of hydrogen-bond acceptors (Lipinski definition) is 0. The van der Waals surface area contributed by atoms with Crippen LogP contribution in [0.2, 0.25) is 0 Å². The van der Waals surface area contributed by atoms with E-state index in [0.717, 1.165) is 6.92 Å². The maximum Gasteiger partial charge on any atom is 0.276 e. The van der Waals surface area contributed by atoms with Crippen molar-refractivity contribution in [1.82, 2.24) is 0 Å². The number of hydrogen-bond donors (Lipinski definition) is 0. The minimum Gasteiger partial charge on any atom is -0.241 e. The van der Waals surface area contributed by atoms with Crippen LogP contribution >= 0.6 is 0 Å². The summed E-state index contributed by atoms with van der Waals surface area (Å²) >= 11 is 0. The normalized spacial score (nSPS) is 16.2. The average Bonchev–Trinajstić information content (AvgIpc) is 1.85. The monoisotopic (exact) mass is 190 g/mol. The van der Waals surface area contributed by atoms with Crippen LogP contribution in [0.1, 0.15) is 26.7 Å². The second-order valence-electron chi connectivity index (χ2n) is 2.84. The Morgan fingerprint density at radius 3 is 1.83 bits per heavy atom. The Hall–Kier alpha value is -0.350. The van der Waals surface area contributed by atoms with Gasteiger partial charge in [0.15, 0.2) is 6.17 Å². The first-order chi connectivity index (χ1) is 5.19. The van der Waals surface area contributed by atoms with Crippen molar-refractivity contribution in [3.8, 4) is 0 Å². The number of rotatable bonds is 4. The summed E-state index contributed by atoms with van der Waals surface area (Å²) in [7, 11) is 0. The van der Waals surface area contributed by atoms with Gasteiger partial charge in [-0.3, -0.25) is 0 Å². The quantitative estimate of drug-likeness (QED) is 0.596. The molecule has 0 bridgehead atoms. The molecule has 0 spiro atoms. The second kappa shape index (κ2) is 3.58. The van der Waals surface area contributed by atoms with Crippen LogP contribution in [-0.2, 0) is 0 Å². The Labute approximate surface area is 67.8 Å². The van der Waals surface area contributed by atoms with Gasteiger partial charge in [-0.15, -0.1) is 0 Å². The molecule has 0 amide bonds. The summed E-state index contributed by atoms with van der Waals surface area (Å²) in [5.74, 6) is -7.02. The standard InChI is InChI=1S/C7H11F5/c1-3-7(11,12)4-5(8)6(2,9)10/h5H,3-4H2,1-2H3/t5-/m0/s1. The molecule has 0 aromatic rings. The van der Waals surface area contributed by atoms with Crippen molar-refractivity contribution in [1.29, 1.82) is 0 Å². The van der Waals surface area contributed by atoms with E-state index < -0.39 is 30.9 Å². The van der Waals surface area contributed by atoms with Crippen LogP contribution in [0.25, 0.3) is 0 Å². The summed E-state index contributed by atoms with van der Waals surface area (Å²) in [6, 6.07) is 0. The Bertz CT molecular complexity index is 137. The molecule has 0 aromatic carbocycles.